The van der Waals surface area contributed by atoms with Gasteiger partial charge in [-0.15, -0.1) is 0 Å². The van der Waals surface area contributed by atoms with E-state index in [4.69, 9.17) is 4.74 Å². The zero-order chi connectivity index (χ0) is 21.0. The highest BCUT2D eigenvalue weighted by Gasteiger charge is 2.21. The average Bonchev–Trinajstić information content (AvgIpc) is 2.68. The molecule has 150 valence electrons. The standard InChI is InChI=1S/C24H26N2O3/c1-16-22(11-10-19(23(16)28)21(27)12-24(2,3)4)29-15-18-13-25-14-20(26-18)17-8-6-5-7-9-17/h5-11,13-14,28H,12,15H2,1-4H3. The van der Waals surface area contributed by atoms with E-state index in [0.29, 0.717) is 29.0 Å². The number of carbonyl (C=O) groups is 1. The van der Waals surface area contributed by atoms with Crippen molar-refractivity contribution < 1.29 is 14.6 Å². The molecule has 0 aliphatic heterocycles. The molecule has 5 nitrogen and oxygen atoms in total. The molecule has 0 unspecified atom stereocenters. The summed E-state index contributed by atoms with van der Waals surface area (Å²) in [6, 6.07) is 13.2. The summed E-state index contributed by atoms with van der Waals surface area (Å²) in [5.74, 6) is 0.411. The van der Waals surface area contributed by atoms with Crippen molar-refractivity contribution in [2.24, 2.45) is 5.41 Å². The van der Waals surface area contributed by atoms with Gasteiger partial charge in [-0.2, -0.15) is 0 Å². The van der Waals surface area contributed by atoms with Crippen molar-refractivity contribution in [3.8, 4) is 22.8 Å². The van der Waals surface area contributed by atoms with Crippen LogP contribution < -0.4 is 4.74 Å². The summed E-state index contributed by atoms with van der Waals surface area (Å²) < 4.78 is 5.86. The largest absolute Gasteiger partial charge is 0.507 e. The van der Waals surface area contributed by atoms with E-state index in [2.05, 4.69) is 9.97 Å². The number of Topliss-reactive ketones (excluding diaryl/α,β-unsaturated/α-hetero) is 1. The third-order valence-corrected chi connectivity index (χ3v) is 4.50. The Hall–Kier alpha value is -3.21. The van der Waals surface area contributed by atoms with Crippen LogP contribution in [0.15, 0.2) is 54.9 Å². The summed E-state index contributed by atoms with van der Waals surface area (Å²) >= 11 is 0. The maximum Gasteiger partial charge on any atom is 0.167 e. The van der Waals surface area contributed by atoms with Gasteiger partial charge in [0.15, 0.2) is 5.78 Å². The first kappa shape index (κ1) is 20.5. The van der Waals surface area contributed by atoms with Gasteiger partial charge < -0.3 is 9.84 Å². The number of phenols is 1. The van der Waals surface area contributed by atoms with E-state index in [1.807, 2.05) is 51.1 Å². The van der Waals surface area contributed by atoms with E-state index in [1.54, 1.807) is 31.5 Å². The Morgan fingerprint density at radius 2 is 1.79 bits per heavy atom. The van der Waals surface area contributed by atoms with Crippen LogP contribution in [0.3, 0.4) is 0 Å². The molecule has 0 bridgehead atoms. The second kappa shape index (κ2) is 8.43. The Balaban J connectivity index is 1.75. The SMILES string of the molecule is Cc1c(OCc2cncc(-c3ccccc3)n2)ccc(C(=O)CC(C)(C)C)c1O. The first-order chi connectivity index (χ1) is 13.7. The molecule has 0 spiro atoms. The van der Waals surface area contributed by atoms with E-state index in [9.17, 15) is 9.90 Å². The lowest BCUT2D eigenvalue weighted by molar-refractivity contribution is 0.0937. The Morgan fingerprint density at radius 3 is 2.48 bits per heavy atom. The number of ether oxygens (including phenoxy) is 1. The quantitative estimate of drug-likeness (QED) is 0.574. The minimum Gasteiger partial charge on any atom is -0.507 e. The van der Waals surface area contributed by atoms with Crippen molar-refractivity contribution in [2.45, 2.75) is 40.7 Å². The summed E-state index contributed by atoms with van der Waals surface area (Å²) in [5.41, 5.74) is 3.16. The summed E-state index contributed by atoms with van der Waals surface area (Å²) in [4.78, 5) is 21.3. The number of rotatable bonds is 6. The van der Waals surface area contributed by atoms with Gasteiger partial charge in [0.05, 0.1) is 29.3 Å². The second-order valence-corrected chi connectivity index (χ2v) is 8.30. The highest BCUT2D eigenvalue weighted by molar-refractivity contribution is 5.99. The Morgan fingerprint density at radius 1 is 1.07 bits per heavy atom. The number of aromatic hydroxyl groups is 1. The van der Waals surface area contributed by atoms with Crippen LogP contribution in [0.4, 0.5) is 0 Å². The topological polar surface area (TPSA) is 72.3 Å². The lowest BCUT2D eigenvalue weighted by Gasteiger charge is -2.18. The van der Waals surface area contributed by atoms with Gasteiger partial charge in [0.1, 0.15) is 18.1 Å². The predicted octanol–water partition coefficient (Wildman–Crippen LogP) is 5.36. The molecule has 29 heavy (non-hydrogen) atoms. The number of hydrogen-bond donors (Lipinski definition) is 1. The van der Waals surface area contributed by atoms with Crippen LogP contribution in [-0.2, 0) is 6.61 Å². The molecule has 3 rings (SSSR count). The lowest BCUT2D eigenvalue weighted by Crippen LogP contribution is -2.13. The number of aromatic nitrogens is 2. The third kappa shape index (κ3) is 5.19. The molecule has 3 aromatic rings. The molecule has 1 heterocycles. The van der Waals surface area contributed by atoms with Crippen molar-refractivity contribution >= 4 is 5.78 Å². The van der Waals surface area contributed by atoms with Crippen molar-refractivity contribution in [3.05, 3.63) is 71.7 Å². The number of hydrogen-bond acceptors (Lipinski definition) is 5. The van der Waals surface area contributed by atoms with Crippen molar-refractivity contribution in [2.75, 3.05) is 0 Å². The molecule has 5 heteroatoms. The monoisotopic (exact) mass is 390 g/mol. The first-order valence-electron chi connectivity index (χ1n) is 9.59. The molecule has 0 aliphatic carbocycles. The van der Waals surface area contributed by atoms with Gasteiger partial charge in [-0.05, 0) is 24.5 Å². The fourth-order valence-electron chi connectivity index (χ4n) is 3.02. The number of benzene rings is 2. The molecule has 1 N–H and O–H groups in total. The van der Waals surface area contributed by atoms with Gasteiger partial charge in [-0.1, -0.05) is 51.1 Å². The van der Waals surface area contributed by atoms with Gasteiger partial charge in [0, 0.05) is 17.5 Å². The molecular weight excluding hydrogens is 364 g/mol. The van der Waals surface area contributed by atoms with Gasteiger partial charge in [-0.3, -0.25) is 9.78 Å². The normalized spacial score (nSPS) is 11.3. The van der Waals surface area contributed by atoms with E-state index in [1.165, 1.54) is 0 Å². The van der Waals surface area contributed by atoms with Crippen LogP contribution >= 0.6 is 0 Å². The third-order valence-electron chi connectivity index (χ3n) is 4.50. The van der Waals surface area contributed by atoms with Crippen LogP contribution in [0, 0.1) is 12.3 Å². The minimum absolute atomic E-state index is 0.0270. The van der Waals surface area contributed by atoms with Crippen molar-refractivity contribution in [1.82, 2.24) is 9.97 Å². The highest BCUT2D eigenvalue weighted by atomic mass is 16.5. The first-order valence-corrected chi connectivity index (χ1v) is 9.59. The Bertz CT molecular complexity index is 1010. The van der Waals surface area contributed by atoms with Crippen LogP contribution in [0.2, 0.25) is 0 Å². The molecule has 1 aromatic heterocycles. The van der Waals surface area contributed by atoms with Gasteiger partial charge in [0.2, 0.25) is 0 Å². The number of ketones is 1. The van der Waals surface area contributed by atoms with Crippen LogP contribution in [-0.4, -0.2) is 20.9 Å². The fraction of sp³-hybridized carbons (Fsp3) is 0.292. The molecule has 2 aromatic carbocycles. The lowest BCUT2D eigenvalue weighted by atomic mass is 9.87. The van der Waals surface area contributed by atoms with Crippen LogP contribution in [0.25, 0.3) is 11.3 Å². The van der Waals surface area contributed by atoms with Gasteiger partial charge in [-0.25, -0.2) is 4.98 Å². The summed E-state index contributed by atoms with van der Waals surface area (Å²) in [6.07, 6.45) is 3.73. The predicted molar refractivity (Wildman–Crippen MR) is 113 cm³/mol. The van der Waals surface area contributed by atoms with E-state index in [-0.39, 0.29) is 23.6 Å². The number of carbonyl (C=O) groups excluding carboxylic acids is 1. The Kier molecular flexibility index (Phi) is 5.97. The number of nitrogens with zero attached hydrogens (tertiary/aromatic N) is 2. The second-order valence-electron chi connectivity index (χ2n) is 8.30. The molecule has 0 amide bonds. The van der Waals surface area contributed by atoms with Gasteiger partial charge >= 0.3 is 0 Å². The smallest absolute Gasteiger partial charge is 0.167 e. The fourth-order valence-corrected chi connectivity index (χ4v) is 3.02. The van der Waals surface area contributed by atoms with Crippen LogP contribution in [0.1, 0.15) is 48.8 Å². The minimum atomic E-state index is -0.144. The average molecular weight is 390 g/mol. The molecule has 0 saturated carbocycles. The Labute approximate surface area is 171 Å². The van der Waals surface area contributed by atoms with Gasteiger partial charge in [0.25, 0.3) is 0 Å². The molecule has 0 saturated heterocycles. The maximum absolute atomic E-state index is 12.5. The van der Waals surface area contributed by atoms with Crippen molar-refractivity contribution in [3.63, 3.8) is 0 Å². The van der Waals surface area contributed by atoms with E-state index < -0.39 is 0 Å². The molecule has 0 fully saturated rings. The summed E-state index contributed by atoms with van der Waals surface area (Å²) in [6.45, 7) is 7.94. The molecule has 0 atom stereocenters. The maximum atomic E-state index is 12.5. The highest BCUT2D eigenvalue weighted by Crippen LogP contribution is 2.33. The summed E-state index contributed by atoms with van der Waals surface area (Å²) in [5, 5.41) is 10.5. The molecule has 0 radical (unpaired) electrons. The zero-order valence-electron chi connectivity index (χ0n) is 17.3. The molecule has 0 aliphatic rings. The molecular formula is C24H26N2O3. The van der Waals surface area contributed by atoms with Crippen LogP contribution in [0.5, 0.6) is 11.5 Å². The number of phenolic OH excluding ortho intramolecular Hbond substituents is 1. The van der Waals surface area contributed by atoms with Crippen molar-refractivity contribution in [1.29, 1.82) is 0 Å². The van der Waals surface area contributed by atoms with E-state index in [0.717, 1.165) is 11.3 Å². The van der Waals surface area contributed by atoms with E-state index >= 15 is 0 Å². The zero-order valence-corrected chi connectivity index (χ0v) is 17.3. The summed E-state index contributed by atoms with van der Waals surface area (Å²) in [7, 11) is 0.